The highest BCUT2D eigenvalue weighted by atomic mass is 28.4. The van der Waals surface area contributed by atoms with Gasteiger partial charge in [0.15, 0.2) is 8.32 Å². The molecule has 180 valence electrons. The molecular weight excluding hydrogens is 428 g/mol. The SMILES string of the molecule is CC1CCC2(CN(C(CO[Si](C)(C)C(C)(C)C)c3nnco3)C2=O)N1C(=O)OC(C)(C)C. The van der Waals surface area contributed by atoms with Crippen LogP contribution in [0.25, 0.3) is 0 Å². The van der Waals surface area contributed by atoms with Crippen LogP contribution in [0.5, 0.6) is 0 Å². The zero-order valence-corrected chi connectivity index (χ0v) is 21.9. The molecule has 0 bridgehead atoms. The van der Waals surface area contributed by atoms with Crippen LogP contribution in [0.4, 0.5) is 4.79 Å². The first-order valence-corrected chi connectivity index (χ1v) is 14.2. The zero-order chi connectivity index (χ0) is 24.1. The number of β-lactam (4-membered cyclic amide) rings is 1. The summed E-state index contributed by atoms with van der Waals surface area (Å²) in [4.78, 5) is 29.9. The first-order chi connectivity index (χ1) is 14.6. The van der Waals surface area contributed by atoms with E-state index in [1.165, 1.54) is 6.39 Å². The largest absolute Gasteiger partial charge is 0.444 e. The van der Waals surface area contributed by atoms with Crippen molar-refractivity contribution in [2.24, 2.45) is 0 Å². The molecule has 0 radical (unpaired) electrons. The van der Waals surface area contributed by atoms with E-state index in [0.29, 0.717) is 18.9 Å². The van der Waals surface area contributed by atoms with Crippen LogP contribution in [0, 0.1) is 0 Å². The van der Waals surface area contributed by atoms with E-state index in [4.69, 9.17) is 13.6 Å². The number of ether oxygens (including phenoxy) is 1. The molecule has 2 aliphatic rings. The van der Waals surface area contributed by atoms with Gasteiger partial charge in [-0.25, -0.2) is 4.79 Å². The molecule has 2 amide bonds. The lowest BCUT2D eigenvalue weighted by Gasteiger charge is -2.53. The Hall–Kier alpha value is -1.94. The number of rotatable bonds is 5. The molecule has 3 heterocycles. The number of carbonyl (C=O) groups excluding carboxylic acids is 2. The molecule has 2 fully saturated rings. The first-order valence-electron chi connectivity index (χ1n) is 11.3. The summed E-state index contributed by atoms with van der Waals surface area (Å²) in [5, 5.41) is 7.90. The lowest BCUT2D eigenvalue weighted by atomic mass is 9.84. The molecule has 2 aliphatic heterocycles. The van der Waals surface area contributed by atoms with E-state index in [1.807, 2.05) is 27.7 Å². The van der Waals surface area contributed by atoms with E-state index in [-0.39, 0.29) is 23.6 Å². The third-order valence-electron chi connectivity index (χ3n) is 7.01. The molecule has 1 aromatic rings. The van der Waals surface area contributed by atoms with Crippen LogP contribution in [-0.2, 0) is 14.0 Å². The maximum absolute atomic E-state index is 13.6. The minimum atomic E-state index is -2.06. The van der Waals surface area contributed by atoms with Crippen LogP contribution in [0.3, 0.4) is 0 Å². The van der Waals surface area contributed by atoms with E-state index < -0.39 is 31.6 Å². The van der Waals surface area contributed by atoms with Crippen LogP contribution in [-0.4, -0.2) is 70.6 Å². The quantitative estimate of drug-likeness (QED) is 0.475. The van der Waals surface area contributed by atoms with Gasteiger partial charge in [0.25, 0.3) is 5.91 Å². The van der Waals surface area contributed by atoms with Crippen molar-refractivity contribution >= 4 is 20.3 Å². The van der Waals surface area contributed by atoms with Gasteiger partial charge in [-0.05, 0) is 58.7 Å². The van der Waals surface area contributed by atoms with Gasteiger partial charge in [0.2, 0.25) is 12.3 Å². The minimum Gasteiger partial charge on any atom is -0.444 e. The molecule has 1 spiro atoms. The number of hydrogen-bond donors (Lipinski definition) is 0. The normalized spacial score (nSPS) is 25.3. The van der Waals surface area contributed by atoms with Crippen LogP contribution < -0.4 is 0 Å². The molecule has 0 aromatic carbocycles. The van der Waals surface area contributed by atoms with E-state index in [0.717, 1.165) is 6.42 Å². The zero-order valence-electron chi connectivity index (χ0n) is 20.9. The number of carbonyl (C=O) groups is 2. The lowest BCUT2D eigenvalue weighted by Crippen LogP contribution is -2.74. The van der Waals surface area contributed by atoms with Gasteiger partial charge in [0, 0.05) is 6.04 Å². The fourth-order valence-electron chi connectivity index (χ4n) is 4.12. The van der Waals surface area contributed by atoms with Gasteiger partial charge in [0.05, 0.1) is 13.2 Å². The molecule has 3 unspecified atom stereocenters. The molecule has 3 atom stereocenters. The summed E-state index contributed by atoms with van der Waals surface area (Å²) in [6, 6.07) is -0.553. The summed E-state index contributed by atoms with van der Waals surface area (Å²) in [6.07, 6.45) is 2.19. The fourth-order valence-corrected chi connectivity index (χ4v) is 5.13. The van der Waals surface area contributed by atoms with Gasteiger partial charge in [0.1, 0.15) is 17.2 Å². The Balaban J connectivity index is 1.81. The van der Waals surface area contributed by atoms with Crippen molar-refractivity contribution in [1.29, 1.82) is 0 Å². The van der Waals surface area contributed by atoms with Crippen molar-refractivity contribution < 1.29 is 23.2 Å². The van der Waals surface area contributed by atoms with Gasteiger partial charge >= 0.3 is 6.09 Å². The van der Waals surface area contributed by atoms with E-state index in [9.17, 15) is 9.59 Å². The number of hydrogen-bond acceptors (Lipinski definition) is 7. The summed E-state index contributed by atoms with van der Waals surface area (Å²) >= 11 is 0. The summed E-state index contributed by atoms with van der Waals surface area (Å²) < 4.78 is 17.5. The average Bonchev–Trinajstić information content (AvgIpc) is 3.27. The van der Waals surface area contributed by atoms with Crippen molar-refractivity contribution in [1.82, 2.24) is 20.0 Å². The Kier molecular flexibility index (Phi) is 6.27. The van der Waals surface area contributed by atoms with Gasteiger partial charge in [-0.2, -0.15) is 0 Å². The second-order valence-electron chi connectivity index (χ2n) is 11.6. The van der Waals surface area contributed by atoms with Crippen molar-refractivity contribution in [3.63, 3.8) is 0 Å². The molecule has 32 heavy (non-hydrogen) atoms. The predicted octanol–water partition coefficient (Wildman–Crippen LogP) is 4.13. The number of likely N-dealkylation sites (tertiary alicyclic amines) is 2. The monoisotopic (exact) mass is 466 g/mol. The summed E-state index contributed by atoms with van der Waals surface area (Å²) in [5.74, 6) is 0.233. The molecule has 1 aromatic heterocycles. The molecule has 9 nitrogen and oxygen atoms in total. The Labute approximate surface area is 191 Å². The highest BCUT2D eigenvalue weighted by molar-refractivity contribution is 6.74. The molecule has 0 aliphatic carbocycles. The molecule has 0 saturated carbocycles. The van der Waals surface area contributed by atoms with E-state index in [2.05, 4.69) is 44.1 Å². The summed E-state index contributed by atoms with van der Waals surface area (Å²) in [5.41, 5.74) is -1.51. The Morgan fingerprint density at radius 2 is 1.97 bits per heavy atom. The standard InChI is InChI=1S/C22H38N4O5Si/c1-15-10-11-22(26(15)19(28)31-20(2,3)4)13-25(18(22)27)16(17-24-23-14-29-17)12-30-32(8,9)21(5,6)7/h14-16H,10-13H2,1-9H3. The Morgan fingerprint density at radius 1 is 1.31 bits per heavy atom. The van der Waals surface area contributed by atoms with E-state index in [1.54, 1.807) is 9.80 Å². The maximum Gasteiger partial charge on any atom is 0.411 e. The van der Waals surface area contributed by atoms with Gasteiger partial charge < -0.3 is 18.5 Å². The topological polar surface area (TPSA) is 98.0 Å². The van der Waals surface area contributed by atoms with Gasteiger partial charge in [-0.3, -0.25) is 9.69 Å². The second-order valence-corrected chi connectivity index (χ2v) is 16.4. The predicted molar refractivity (Wildman–Crippen MR) is 121 cm³/mol. The summed E-state index contributed by atoms with van der Waals surface area (Å²) in [6.45, 7) is 19.0. The fraction of sp³-hybridized carbons (Fsp3) is 0.818. The highest BCUT2D eigenvalue weighted by Crippen LogP contribution is 2.46. The maximum atomic E-state index is 13.6. The van der Waals surface area contributed by atoms with Crippen molar-refractivity contribution in [2.75, 3.05) is 13.2 Å². The minimum absolute atomic E-state index is 0.0287. The lowest BCUT2D eigenvalue weighted by molar-refractivity contribution is -0.168. The molecule has 3 rings (SSSR count). The van der Waals surface area contributed by atoms with Crippen molar-refractivity contribution in [3.05, 3.63) is 12.3 Å². The van der Waals surface area contributed by atoms with E-state index >= 15 is 0 Å². The first kappa shape index (κ1) is 24.7. The molecule has 2 saturated heterocycles. The number of nitrogens with zero attached hydrogens (tertiary/aromatic N) is 4. The average molecular weight is 467 g/mol. The highest BCUT2D eigenvalue weighted by Gasteiger charge is 2.64. The molecule has 0 N–H and O–H groups in total. The smallest absolute Gasteiger partial charge is 0.411 e. The third-order valence-corrected chi connectivity index (χ3v) is 11.5. The Bertz CT molecular complexity index is 845. The van der Waals surface area contributed by atoms with Gasteiger partial charge in [-0.15, -0.1) is 10.2 Å². The van der Waals surface area contributed by atoms with Crippen LogP contribution in [0.2, 0.25) is 18.1 Å². The van der Waals surface area contributed by atoms with Crippen molar-refractivity contribution in [3.8, 4) is 0 Å². The van der Waals surface area contributed by atoms with Crippen molar-refractivity contribution in [2.45, 2.75) is 103 Å². The van der Waals surface area contributed by atoms with Crippen LogP contribution >= 0.6 is 0 Å². The molecule has 10 heteroatoms. The summed E-state index contributed by atoms with van der Waals surface area (Å²) in [7, 11) is -2.06. The molecular formula is C22H38N4O5Si. The van der Waals surface area contributed by atoms with Crippen LogP contribution in [0.1, 0.15) is 73.2 Å². The van der Waals surface area contributed by atoms with Gasteiger partial charge in [-0.1, -0.05) is 20.8 Å². The number of aromatic nitrogens is 2. The third kappa shape index (κ3) is 4.43. The Morgan fingerprint density at radius 3 is 2.47 bits per heavy atom. The number of amides is 2. The van der Waals surface area contributed by atoms with Crippen LogP contribution in [0.15, 0.2) is 10.8 Å². The second kappa shape index (κ2) is 8.13.